The molecule has 0 saturated heterocycles. The van der Waals surface area contributed by atoms with E-state index in [1.165, 1.54) is 19.5 Å². The minimum Gasteiger partial charge on any atom is -0.464 e. The number of aromatic nitrogens is 3. The Hall–Kier alpha value is -2.01. The lowest BCUT2D eigenvalue weighted by molar-refractivity contribution is 0.0594. The van der Waals surface area contributed by atoms with Gasteiger partial charge >= 0.3 is 5.97 Å². The molecule has 0 unspecified atom stereocenters. The summed E-state index contributed by atoms with van der Waals surface area (Å²) in [6.45, 7) is 0. The fraction of sp³-hybridized carbons (Fsp3) is 0.0909. The summed E-state index contributed by atoms with van der Waals surface area (Å²) in [5, 5.41) is 0.271. The van der Waals surface area contributed by atoms with E-state index in [1.807, 2.05) is 0 Å². The standard InChI is InChI=1S/C11H8ClN3O2/c1-17-11(16)8-4-2-3-7(14-8)9-5-13-6-10(12)15-9/h2-6H,1H3. The first-order valence-electron chi connectivity index (χ1n) is 4.74. The largest absolute Gasteiger partial charge is 0.464 e. The van der Waals surface area contributed by atoms with Gasteiger partial charge in [0.05, 0.1) is 25.2 Å². The second-order valence-corrected chi connectivity index (χ2v) is 3.51. The molecule has 0 radical (unpaired) electrons. The Labute approximate surface area is 102 Å². The van der Waals surface area contributed by atoms with Gasteiger partial charge in [0.1, 0.15) is 16.5 Å². The van der Waals surface area contributed by atoms with Crippen LogP contribution in [-0.2, 0) is 4.74 Å². The van der Waals surface area contributed by atoms with Crippen molar-refractivity contribution in [2.45, 2.75) is 0 Å². The molecule has 17 heavy (non-hydrogen) atoms. The van der Waals surface area contributed by atoms with Gasteiger partial charge in [0.15, 0.2) is 0 Å². The topological polar surface area (TPSA) is 65.0 Å². The van der Waals surface area contributed by atoms with E-state index in [-0.39, 0.29) is 10.8 Å². The number of hydrogen-bond acceptors (Lipinski definition) is 5. The van der Waals surface area contributed by atoms with Gasteiger partial charge in [0.2, 0.25) is 0 Å². The van der Waals surface area contributed by atoms with Crippen LogP contribution in [0.5, 0.6) is 0 Å². The van der Waals surface area contributed by atoms with Crippen molar-refractivity contribution in [3.8, 4) is 11.4 Å². The molecule has 0 atom stereocenters. The Morgan fingerprint density at radius 1 is 1.24 bits per heavy atom. The molecule has 0 saturated carbocycles. The molecule has 0 fully saturated rings. The number of rotatable bonds is 2. The number of nitrogens with zero attached hydrogens (tertiary/aromatic N) is 3. The van der Waals surface area contributed by atoms with Gasteiger partial charge in [-0.15, -0.1) is 0 Å². The van der Waals surface area contributed by atoms with Gasteiger partial charge in [-0.25, -0.2) is 14.8 Å². The van der Waals surface area contributed by atoms with Crippen LogP contribution in [-0.4, -0.2) is 28.0 Å². The predicted molar refractivity (Wildman–Crippen MR) is 61.6 cm³/mol. The maximum absolute atomic E-state index is 11.3. The Kier molecular flexibility index (Phi) is 3.30. The highest BCUT2D eigenvalue weighted by Crippen LogP contribution is 2.15. The van der Waals surface area contributed by atoms with Gasteiger partial charge in [-0.1, -0.05) is 17.7 Å². The fourth-order valence-corrected chi connectivity index (χ4v) is 1.41. The summed E-state index contributed by atoms with van der Waals surface area (Å²) >= 11 is 5.73. The van der Waals surface area contributed by atoms with Gasteiger partial charge in [0.25, 0.3) is 0 Å². The Bertz CT molecular complexity index is 560. The molecule has 0 aliphatic rings. The summed E-state index contributed by atoms with van der Waals surface area (Å²) in [5.74, 6) is -0.498. The highest BCUT2D eigenvalue weighted by molar-refractivity contribution is 6.29. The van der Waals surface area contributed by atoms with Gasteiger partial charge in [-0.05, 0) is 12.1 Å². The molecule has 2 aromatic rings. The molecule has 6 heteroatoms. The summed E-state index contributed by atoms with van der Waals surface area (Å²) in [7, 11) is 1.30. The second-order valence-electron chi connectivity index (χ2n) is 3.13. The number of carbonyl (C=O) groups excluding carboxylic acids is 1. The first kappa shape index (κ1) is 11.5. The average molecular weight is 250 g/mol. The normalized spacial score (nSPS) is 10.0. The van der Waals surface area contributed by atoms with Crippen molar-refractivity contribution in [1.29, 1.82) is 0 Å². The lowest BCUT2D eigenvalue weighted by atomic mass is 10.2. The third-order valence-corrected chi connectivity index (χ3v) is 2.19. The van der Waals surface area contributed by atoms with Crippen molar-refractivity contribution >= 4 is 17.6 Å². The maximum atomic E-state index is 11.3. The molecule has 86 valence electrons. The van der Waals surface area contributed by atoms with Crippen molar-refractivity contribution in [1.82, 2.24) is 15.0 Å². The van der Waals surface area contributed by atoms with Gasteiger partial charge < -0.3 is 4.74 Å². The lowest BCUT2D eigenvalue weighted by Crippen LogP contribution is -2.04. The number of pyridine rings is 1. The van der Waals surface area contributed by atoms with Crippen LogP contribution in [0, 0.1) is 0 Å². The molecule has 2 heterocycles. The van der Waals surface area contributed by atoms with Crippen molar-refractivity contribution in [2.75, 3.05) is 7.11 Å². The molecular weight excluding hydrogens is 242 g/mol. The summed E-state index contributed by atoms with van der Waals surface area (Å²) in [6, 6.07) is 4.97. The molecule has 0 amide bonds. The number of hydrogen-bond donors (Lipinski definition) is 0. The molecule has 2 rings (SSSR count). The molecule has 0 aromatic carbocycles. The minimum atomic E-state index is -0.498. The first-order valence-corrected chi connectivity index (χ1v) is 5.12. The third-order valence-electron chi connectivity index (χ3n) is 2.01. The zero-order valence-corrected chi connectivity index (χ0v) is 9.68. The van der Waals surface area contributed by atoms with E-state index < -0.39 is 5.97 Å². The minimum absolute atomic E-state index is 0.215. The van der Waals surface area contributed by atoms with Crippen LogP contribution < -0.4 is 0 Å². The van der Waals surface area contributed by atoms with E-state index in [0.717, 1.165) is 0 Å². The summed E-state index contributed by atoms with van der Waals surface area (Å²) in [5.41, 5.74) is 1.23. The van der Waals surface area contributed by atoms with Gasteiger partial charge in [0, 0.05) is 0 Å². The van der Waals surface area contributed by atoms with E-state index in [4.69, 9.17) is 11.6 Å². The third kappa shape index (κ3) is 2.57. The van der Waals surface area contributed by atoms with Crippen LogP contribution in [0.25, 0.3) is 11.4 Å². The molecule has 0 spiro atoms. The van der Waals surface area contributed by atoms with Crippen molar-refractivity contribution in [3.63, 3.8) is 0 Å². The number of methoxy groups -OCH3 is 1. The predicted octanol–water partition coefficient (Wildman–Crippen LogP) is 1.98. The summed E-state index contributed by atoms with van der Waals surface area (Å²) in [6.07, 6.45) is 2.95. The highest BCUT2D eigenvalue weighted by Gasteiger charge is 2.09. The quantitative estimate of drug-likeness (QED) is 0.762. The molecule has 0 N–H and O–H groups in total. The van der Waals surface area contributed by atoms with E-state index in [0.29, 0.717) is 11.4 Å². The van der Waals surface area contributed by atoms with Crippen molar-refractivity contribution < 1.29 is 9.53 Å². The van der Waals surface area contributed by atoms with Gasteiger partial charge in [-0.2, -0.15) is 0 Å². The van der Waals surface area contributed by atoms with Gasteiger partial charge in [-0.3, -0.25) is 4.98 Å². The lowest BCUT2D eigenvalue weighted by Gasteiger charge is -2.02. The molecule has 0 aliphatic carbocycles. The summed E-state index contributed by atoms with van der Waals surface area (Å²) < 4.78 is 4.59. The molecule has 0 aliphatic heterocycles. The first-order chi connectivity index (χ1) is 8.20. The number of ether oxygens (including phenoxy) is 1. The summed E-state index contributed by atoms with van der Waals surface area (Å²) in [4.78, 5) is 23.4. The average Bonchev–Trinajstić information content (AvgIpc) is 2.38. The van der Waals surface area contributed by atoms with E-state index in [2.05, 4.69) is 19.7 Å². The molecule has 0 bridgehead atoms. The van der Waals surface area contributed by atoms with E-state index in [9.17, 15) is 4.79 Å². The molecule has 5 nitrogen and oxygen atoms in total. The second kappa shape index (κ2) is 4.88. The van der Waals surface area contributed by atoms with Crippen molar-refractivity contribution in [2.24, 2.45) is 0 Å². The molecular formula is C11H8ClN3O2. The number of carbonyl (C=O) groups is 1. The molecule has 2 aromatic heterocycles. The number of halogens is 1. The SMILES string of the molecule is COC(=O)c1cccc(-c2cncc(Cl)n2)n1. The Balaban J connectivity index is 2.43. The van der Waals surface area contributed by atoms with Crippen LogP contribution >= 0.6 is 11.6 Å². The maximum Gasteiger partial charge on any atom is 0.356 e. The van der Waals surface area contributed by atoms with Crippen LogP contribution in [0.3, 0.4) is 0 Å². The highest BCUT2D eigenvalue weighted by atomic mass is 35.5. The van der Waals surface area contributed by atoms with Crippen LogP contribution in [0.4, 0.5) is 0 Å². The van der Waals surface area contributed by atoms with Crippen molar-refractivity contribution in [3.05, 3.63) is 41.4 Å². The smallest absolute Gasteiger partial charge is 0.356 e. The zero-order chi connectivity index (χ0) is 12.3. The Morgan fingerprint density at radius 3 is 2.76 bits per heavy atom. The van der Waals surface area contributed by atoms with Crippen LogP contribution in [0.15, 0.2) is 30.6 Å². The van der Waals surface area contributed by atoms with Crippen LogP contribution in [0.1, 0.15) is 10.5 Å². The van der Waals surface area contributed by atoms with Crippen LogP contribution in [0.2, 0.25) is 5.15 Å². The zero-order valence-electron chi connectivity index (χ0n) is 8.92. The number of esters is 1. The Morgan fingerprint density at radius 2 is 2.06 bits per heavy atom. The van der Waals surface area contributed by atoms with E-state index in [1.54, 1.807) is 18.2 Å². The van der Waals surface area contributed by atoms with E-state index >= 15 is 0 Å². The fourth-order valence-electron chi connectivity index (χ4n) is 1.26. The monoisotopic (exact) mass is 249 g/mol.